The molecule has 242 valence electrons. The summed E-state index contributed by atoms with van der Waals surface area (Å²) in [7, 11) is 0. The van der Waals surface area contributed by atoms with E-state index in [-0.39, 0.29) is 12.8 Å². The van der Waals surface area contributed by atoms with Crippen molar-refractivity contribution in [2.75, 3.05) is 6.54 Å². The third-order valence-corrected chi connectivity index (χ3v) is 7.51. The summed E-state index contributed by atoms with van der Waals surface area (Å²) in [5, 5.41) is 18.2. The van der Waals surface area contributed by atoms with E-state index in [1.165, 1.54) is 0 Å². The van der Waals surface area contributed by atoms with Crippen LogP contribution in [0.3, 0.4) is 0 Å². The van der Waals surface area contributed by atoms with Crippen molar-refractivity contribution in [3.63, 3.8) is 0 Å². The van der Waals surface area contributed by atoms with Crippen LogP contribution >= 0.6 is 15.9 Å². The number of fused-ring (bicyclic) bond motifs is 1. The molecule has 1 heterocycles. The topological polar surface area (TPSA) is 159 Å². The molecule has 0 aliphatic heterocycles. The summed E-state index contributed by atoms with van der Waals surface area (Å²) in [4.78, 5) is 53.7. The molecule has 0 unspecified atom stereocenters. The van der Waals surface area contributed by atoms with Gasteiger partial charge in [-0.3, -0.25) is 9.59 Å². The van der Waals surface area contributed by atoms with Gasteiger partial charge in [0.25, 0.3) is 0 Å². The molecule has 0 aliphatic carbocycles. The molecule has 2 atom stereocenters. The van der Waals surface area contributed by atoms with Crippen LogP contribution in [0.2, 0.25) is 0 Å². The van der Waals surface area contributed by atoms with Gasteiger partial charge in [-0.1, -0.05) is 54.6 Å². The number of hydrogen-bond acceptors (Lipinski definition) is 6. The van der Waals surface area contributed by atoms with E-state index in [1.807, 2.05) is 48.5 Å². The van der Waals surface area contributed by atoms with Crippen LogP contribution in [0.5, 0.6) is 5.75 Å². The van der Waals surface area contributed by atoms with E-state index in [0.29, 0.717) is 17.9 Å². The maximum Gasteiger partial charge on any atom is 0.408 e. The number of aliphatic carboxylic acids is 1. The van der Waals surface area contributed by atoms with Gasteiger partial charge in [0.1, 0.15) is 30.0 Å². The second-order valence-corrected chi connectivity index (χ2v) is 12.5. The van der Waals surface area contributed by atoms with Gasteiger partial charge in [-0.25, -0.2) is 9.59 Å². The third-order valence-electron chi connectivity index (χ3n) is 6.85. The maximum absolute atomic E-state index is 13.2. The van der Waals surface area contributed by atoms with Gasteiger partial charge in [0.15, 0.2) is 0 Å². The van der Waals surface area contributed by atoms with Crippen molar-refractivity contribution < 1.29 is 33.8 Å². The smallest absolute Gasteiger partial charge is 0.408 e. The average molecular weight is 694 g/mol. The first-order valence-electron chi connectivity index (χ1n) is 14.7. The average Bonchev–Trinajstić information content (AvgIpc) is 3.42. The molecule has 3 amide bonds. The Morgan fingerprint density at radius 3 is 2.26 bits per heavy atom. The number of carboxylic acid groups (broad SMARTS) is 1. The zero-order valence-corrected chi connectivity index (χ0v) is 27.3. The second kappa shape index (κ2) is 15.4. The molecule has 0 bridgehead atoms. The van der Waals surface area contributed by atoms with E-state index in [2.05, 4.69) is 36.9 Å². The largest absolute Gasteiger partial charge is 0.489 e. The van der Waals surface area contributed by atoms with Gasteiger partial charge in [-0.2, -0.15) is 0 Å². The lowest BCUT2D eigenvalue weighted by molar-refractivity contribution is -0.141. The van der Waals surface area contributed by atoms with Gasteiger partial charge in [-0.05, 0) is 71.6 Å². The highest BCUT2D eigenvalue weighted by Crippen LogP contribution is 2.26. The first kappa shape index (κ1) is 34.0. The number of hydrogen-bond donors (Lipinski definition) is 5. The molecule has 46 heavy (non-hydrogen) atoms. The molecule has 0 fully saturated rings. The Labute approximate surface area is 275 Å². The molecule has 0 radical (unpaired) electrons. The van der Waals surface area contributed by atoms with Crippen molar-refractivity contribution in [3.05, 3.63) is 100 Å². The van der Waals surface area contributed by atoms with Crippen molar-refractivity contribution in [2.24, 2.45) is 0 Å². The Kier molecular flexibility index (Phi) is 11.4. The van der Waals surface area contributed by atoms with Gasteiger partial charge in [0, 0.05) is 28.9 Å². The van der Waals surface area contributed by atoms with E-state index < -0.39 is 48.1 Å². The number of nitrogens with one attached hydrogen (secondary N) is 4. The molecule has 0 aliphatic rings. The Balaban J connectivity index is 1.37. The number of carbonyl (C=O) groups is 4. The highest BCUT2D eigenvalue weighted by Gasteiger charge is 2.27. The van der Waals surface area contributed by atoms with Crippen LogP contribution in [0.4, 0.5) is 4.79 Å². The molecule has 0 saturated heterocycles. The summed E-state index contributed by atoms with van der Waals surface area (Å²) in [6, 6.07) is 20.1. The number of carbonyl (C=O) groups excluding carboxylic acids is 3. The van der Waals surface area contributed by atoms with Crippen molar-refractivity contribution in [2.45, 2.75) is 57.9 Å². The lowest BCUT2D eigenvalue weighted by Gasteiger charge is -2.23. The quantitative estimate of drug-likeness (QED) is 0.134. The number of aromatic nitrogens is 1. The fraction of sp³-hybridized carbons (Fsp3) is 0.294. The van der Waals surface area contributed by atoms with E-state index in [4.69, 9.17) is 9.47 Å². The lowest BCUT2D eigenvalue weighted by Crippen LogP contribution is -2.52. The second-order valence-electron chi connectivity index (χ2n) is 11.7. The normalized spacial score (nSPS) is 12.5. The van der Waals surface area contributed by atoms with E-state index in [9.17, 15) is 24.3 Å². The van der Waals surface area contributed by atoms with Crippen LogP contribution in [0.1, 0.15) is 37.5 Å². The molecule has 0 saturated carbocycles. The summed E-state index contributed by atoms with van der Waals surface area (Å²) in [5.41, 5.74) is 2.48. The predicted octanol–water partition coefficient (Wildman–Crippen LogP) is 4.87. The van der Waals surface area contributed by atoms with Crippen molar-refractivity contribution >= 4 is 50.7 Å². The first-order valence-corrected chi connectivity index (χ1v) is 15.5. The van der Waals surface area contributed by atoms with Gasteiger partial charge in [0.2, 0.25) is 11.8 Å². The Bertz CT molecular complexity index is 1670. The standard InChI is InChI=1S/C34H37BrN4O7/c1-34(2,3)46-33(44)39-27(16-21-12-14-24(15-13-21)45-20-22-8-5-4-6-9-22)31(41)37-19-29(40)38-28(32(42)43)17-23-18-36-30-25(23)10-7-11-26(30)35/h4-15,18,27-28,36H,16-17,19-20H2,1-3H3,(H,37,41)(H,38,40)(H,39,44)(H,42,43)/t27-,28-/m0/s1. The number of ether oxygens (including phenoxy) is 2. The summed E-state index contributed by atoms with van der Waals surface area (Å²) in [5.74, 6) is -1.92. The van der Waals surface area contributed by atoms with Crippen molar-refractivity contribution in [1.29, 1.82) is 0 Å². The van der Waals surface area contributed by atoms with Gasteiger partial charge >= 0.3 is 12.1 Å². The number of halogens is 1. The molecule has 1 aromatic heterocycles. The summed E-state index contributed by atoms with van der Waals surface area (Å²) in [6.07, 6.45) is 1.03. The number of H-pyrrole nitrogens is 1. The van der Waals surface area contributed by atoms with Gasteiger partial charge in [0.05, 0.1) is 12.1 Å². The van der Waals surface area contributed by atoms with E-state index in [0.717, 1.165) is 26.5 Å². The Morgan fingerprint density at radius 2 is 1.59 bits per heavy atom. The monoisotopic (exact) mass is 692 g/mol. The molecule has 4 rings (SSSR count). The zero-order valence-electron chi connectivity index (χ0n) is 25.8. The van der Waals surface area contributed by atoms with E-state index in [1.54, 1.807) is 51.2 Å². The van der Waals surface area contributed by atoms with Gasteiger partial charge < -0.3 is 35.5 Å². The van der Waals surface area contributed by atoms with Crippen LogP contribution in [-0.2, 0) is 38.6 Å². The molecule has 4 aromatic rings. The summed E-state index contributed by atoms with van der Waals surface area (Å²) < 4.78 is 12.0. The number of amides is 3. The molecule has 0 spiro atoms. The molecule has 12 heteroatoms. The highest BCUT2D eigenvalue weighted by molar-refractivity contribution is 9.10. The number of para-hydroxylation sites is 1. The predicted molar refractivity (Wildman–Crippen MR) is 176 cm³/mol. The first-order chi connectivity index (χ1) is 21.9. The van der Waals surface area contributed by atoms with Crippen LogP contribution < -0.4 is 20.7 Å². The van der Waals surface area contributed by atoms with Crippen LogP contribution in [0.15, 0.2) is 83.5 Å². The number of aromatic amines is 1. The fourth-order valence-electron chi connectivity index (χ4n) is 4.66. The maximum atomic E-state index is 13.2. The minimum Gasteiger partial charge on any atom is -0.489 e. The number of alkyl carbamates (subject to hydrolysis) is 1. The van der Waals surface area contributed by atoms with Crippen LogP contribution in [0, 0.1) is 0 Å². The summed E-state index contributed by atoms with van der Waals surface area (Å²) in [6.45, 7) is 5.01. The van der Waals surface area contributed by atoms with Crippen molar-refractivity contribution in [3.8, 4) is 5.75 Å². The SMILES string of the molecule is CC(C)(C)OC(=O)N[C@@H](Cc1ccc(OCc2ccccc2)cc1)C(=O)NCC(=O)N[C@@H](Cc1c[nH]c2c(Br)cccc12)C(=O)O. The number of carboxylic acids is 1. The van der Waals surface area contributed by atoms with Crippen molar-refractivity contribution in [1.82, 2.24) is 20.9 Å². The van der Waals surface area contributed by atoms with Crippen LogP contribution in [-0.4, -0.2) is 58.2 Å². The summed E-state index contributed by atoms with van der Waals surface area (Å²) >= 11 is 3.46. The molecule has 11 nitrogen and oxygen atoms in total. The zero-order chi connectivity index (χ0) is 33.3. The molecular weight excluding hydrogens is 656 g/mol. The minimum atomic E-state index is -1.24. The Morgan fingerprint density at radius 1 is 0.870 bits per heavy atom. The number of rotatable bonds is 13. The highest BCUT2D eigenvalue weighted by atomic mass is 79.9. The fourth-order valence-corrected chi connectivity index (χ4v) is 5.14. The van der Waals surface area contributed by atoms with E-state index >= 15 is 0 Å². The number of benzene rings is 3. The van der Waals surface area contributed by atoms with Crippen LogP contribution in [0.25, 0.3) is 10.9 Å². The molecule has 3 aromatic carbocycles. The molecular formula is C34H37BrN4O7. The minimum absolute atomic E-state index is 0.0271. The Hall–Kier alpha value is -4.84. The van der Waals surface area contributed by atoms with Gasteiger partial charge in [-0.15, -0.1) is 0 Å². The third kappa shape index (κ3) is 10.1. The lowest BCUT2D eigenvalue weighted by atomic mass is 10.0. The molecule has 5 N–H and O–H groups in total.